The lowest BCUT2D eigenvalue weighted by Crippen LogP contribution is -2.37. The van der Waals surface area contributed by atoms with E-state index in [-0.39, 0.29) is 16.7 Å². The predicted octanol–water partition coefficient (Wildman–Crippen LogP) is 3.52. The van der Waals surface area contributed by atoms with Crippen LogP contribution in [0.15, 0.2) is 42.5 Å². The number of aromatic hydroxyl groups is 1. The lowest BCUT2D eigenvalue weighted by molar-refractivity contribution is 0.0713. The standard InChI is InChI=1S/C19H21ClN2O2/c20-17-11-16(4-5-18(17)23)19(24)22-8-6-14(7-9-22)15-3-1-2-13(10-15)12-21/h1-5,10-11,14,23H,6-9,12,21H2. The monoisotopic (exact) mass is 344 g/mol. The number of amides is 1. The molecular weight excluding hydrogens is 324 g/mol. The average Bonchev–Trinajstić information content (AvgIpc) is 2.63. The number of phenols is 1. The van der Waals surface area contributed by atoms with Gasteiger partial charge in [0.25, 0.3) is 5.91 Å². The van der Waals surface area contributed by atoms with Crippen molar-refractivity contribution < 1.29 is 9.90 Å². The van der Waals surface area contributed by atoms with Gasteiger partial charge in [0.05, 0.1) is 5.02 Å². The van der Waals surface area contributed by atoms with Gasteiger partial charge in [-0.1, -0.05) is 35.9 Å². The fourth-order valence-electron chi connectivity index (χ4n) is 3.21. The van der Waals surface area contributed by atoms with Crippen LogP contribution in [0.5, 0.6) is 5.75 Å². The number of nitrogens with zero attached hydrogens (tertiary/aromatic N) is 1. The summed E-state index contributed by atoms with van der Waals surface area (Å²) in [5.74, 6) is 0.418. The van der Waals surface area contributed by atoms with Crippen LogP contribution in [0, 0.1) is 0 Å². The van der Waals surface area contributed by atoms with Crippen LogP contribution in [0.25, 0.3) is 0 Å². The van der Waals surface area contributed by atoms with E-state index in [1.54, 1.807) is 6.07 Å². The van der Waals surface area contributed by atoms with Crippen molar-refractivity contribution in [1.82, 2.24) is 4.90 Å². The minimum Gasteiger partial charge on any atom is -0.506 e. The number of nitrogens with two attached hydrogens (primary N) is 1. The summed E-state index contributed by atoms with van der Waals surface area (Å²) in [7, 11) is 0. The highest BCUT2D eigenvalue weighted by atomic mass is 35.5. The Morgan fingerprint density at radius 3 is 2.62 bits per heavy atom. The molecule has 0 unspecified atom stereocenters. The van der Waals surface area contributed by atoms with Crippen molar-refractivity contribution in [3.8, 4) is 5.75 Å². The van der Waals surface area contributed by atoms with Crippen molar-refractivity contribution in [2.75, 3.05) is 13.1 Å². The molecule has 2 aromatic carbocycles. The number of halogens is 1. The van der Waals surface area contributed by atoms with Gasteiger partial charge >= 0.3 is 0 Å². The minimum absolute atomic E-state index is 0.00768. The molecule has 1 aliphatic heterocycles. The average molecular weight is 345 g/mol. The van der Waals surface area contributed by atoms with Gasteiger partial charge in [-0.2, -0.15) is 0 Å². The van der Waals surface area contributed by atoms with Gasteiger partial charge in [0.15, 0.2) is 0 Å². The summed E-state index contributed by atoms with van der Waals surface area (Å²) in [6.07, 6.45) is 1.87. The van der Waals surface area contributed by atoms with Crippen molar-refractivity contribution in [1.29, 1.82) is 0 Å². The molecule has 0 radical (unpaired) electrons. The van der Waals surface area contributed by atoms with Crippen molar-refractivity contribution >= 4 is 17.5 Å². The lowest BCUT2D eigenvalue weighted by atomic mass is 9.88. The van der Waals surface area contributed by atoms with E-state index < -0.39 is 0 Å². The number of carbonyl (C=O) groups excluding carboxylic acids is 1. The second-order valence-corrected chi connectivity index (χ2v) is 6.59. The van der Waals surface area contributed by atoms with Gasteiger partial charge in [0, 0.05) is 25.2 Å². The highest BCUT2D eigenvalue weighted by Crippen LogP contribution is 2.30. The van der Waals surface area contributed by atoms with Gasteiger partial charge in [-0.3, -0.25) is 4.79 Å². The van der Waals surface area contributed by atoms with Crippen molar-refractivity contribution in [3.05, 3.63) is 64.2 Å². The summed E-state index contributed by atoms with van der Waals surface area (Å²) in [5.41, 5.74) is 8.68. The molecule has 3 N–H and O–H groups in total. The van der Waals surface area contributed by atoms with Gasteiger partial charge in [-0.25, -0.2) is 0 Å². The number of piperidine rings is 1. The summed E-state index contributed by atoms with van der Waals surface area (Å²) >= 11 is 5.90. The van der Waals surface area contributed by atoms with Gasteiger partial charge in [0.2, 0.25) is 0 Å². The quantitative estimate of drug-likeness (QED) is 0.895. The minimum atomic E-state index is -0.0361. The maximum Gasteiger partial charge on any atom is 0.253 e. The third-order valence-corrected chi connectivity index (χ3v) is 4.94. The first-order valence-electron chi connectivity index (χ1n) is 8.15. The zero-order valence-electron chi connectivity index (χ0n) is 13.4. The molecule has 0 saturated carbocycles. The Balaban J connectivity index is 1.65. The molecule has 5 heteroatoms. The molecule has 0 aliphatic carbocycles. The molecule has 1 heterocycles. The molecule has 1 amide bonds. The number of likely N-dealkylation sites (tertiary alicyclic amines) is 1. The van der Waals surface area contributed by atoms with Gasteiger partial charge in [-0.05, 0) is 48.1 Å². The van der Waals surface area contributed by atoms with Gasteiger partial charge < -0.3 is 15.7 Å². The fraction of sp³-hybridized carbons (Fsp3) is 0.316. The van der Waals surface area contributed by atoms with Crippen LogP contribution in [-0.4, -0.2) is 29.0 Å². The zero-order chi connectivity index (χ0) is 17.1. The molecule has 1 saturated heterocycles. The van der Waals surface area contributed by atoms with Crippen LogP contribution in [0.1, 0.15) is 40.2 Å². The van der Waals surface area contributed by atoms with Crippen molar-refractivity contribution in [2.45, 2.75) is 25.3 Å². The normalized spacial score (nSPS) is 15.5. The number of carbonyl (C=O) groups is 1. The van der Waals surface area contributed by atoms with Gasteiger partial charge in [-0.15, -0.1) is 0 Å². The predicted molar refractivity (Wildman–Crippen MR) is 95.3 cm³/mol. The Kier molecular flexibility index (Phi) is 5.07. The van der Waals surface area contributed by atoms with E-state index in [9.17, 15) is 9.90 Å². The first-order chi connectivity index (χ1) is 11.6. The summed E-state index contributed by atoms with van der Waals surface area (Å²) in [6, 6.07) is 13.0. The number of hydrogen-bond donors (Lipinski definition) is 2. The molecule has 2 aromatic rings. The number of benzene rings is 2. The SMILES string of the molecule is NCc1cccc(C2CCN(C(=O)c3ccc(O)c(Cl)c3)CC2)c1. The lowest BCUT2D eigenvalue weighted by Gasteiger charge is -2.32. The molecule has 0 bridgehead atoms. The zero-order valence-corrected chi connectivity index (χ0v) is 14.2. The molecule has 126 valence electrons. The smallest absolute Gasteiger partial charge is 0.253 e. The van der Waals surface area contributed by atoms with Crippen LogP contribution in [0.2, 0.25) is 5.02 Å². The Labute approximate surface area is 146 Å². The maximum atomic E-state index is 12.6. The van der Waals surface area contributed by atoms with Crippen LogP contribution in [0.3, 0.4) is 0 Å². The first kappa shape index (κ1) is 16.8. The van der Waals surface area contributed by atoms with E-state index in [4.69, 9.17) is 17.3 Å². The van der Waals surface area contributed by atoms with Crippen molar-refractivity contribution in [3.63, 3.8) is 0 Å². The number of phenolic OH excluding ortho intramolecular Hbond substituents is 1. The third kappa shape index (κ3) is 3.55. The Morgan fingerprint density at radius 1 is 1.21 bits per heavy atom. The van der Waals surface area contributed by atoms with E-state index in [1.807, 2.05) is 17.0 Å². The maximum absolute atomic E-state index is 12.6. The Bertz CT molecular complexity index is 740. The molecule has 0 spiro atoms. The van der Waals surface area contributed by atoms with Crippen LogP contribution < -0.4 is 5.73 Å². The molecule has 4 nitrogen and oxygen atoms in total. The van der Waals surface area contributed by atoms with E-state index in [0.717, 1.165) is 31.5 Å². The molecule has 1 aliphatic rings. The highest BCUT2D eigenvalue weighted by Gasteiger charge is 2.25. The van der Waals surface area contributed by atoms with Gasteiger partial charge in [0.1, 0.15) is 5.75 Å². The first-order valence-corrected chi connectivity index (χ1v) is 8.53. The summed E-state index contributed by atoms with van der Waals surface area (Å²) in [6.45, 7) is 1.98. The van der Waals surface area contributed by atoms with E-state index in [2.05, 4.69) is 12.1 Å². The summed E-state index contributed by atoms with van der Waals surface area (Å²) < 4.78 is 0. The Hall–Kier alpha value is -2.04. The molecular formula is C19H21ClN2O2. The molecule has 0 atom stereocenters. The van der Waals surface area contributed by atoms with Crippen LogP contribution >= 0.6 is 11.6 Å². The summed E-state index contributed by atoms with van der Waals surface area (Å²) in [4.78, 5) is 14.4. The summed E-state index contributed by atoms with van der Waals surface area (Å²) in [5, 5.41) is 9.68. The third-order valence-electron chi connectivity index (χ3n) is 4.63. The highest BCUT2D eigenvalue weighted by molar-refractivity contribution is 6.32. The number of hydrogen-bond acceptors (Lipinski definition) is 3. The molecule has 24 heavy (non-hydrogen) atoms. The van der Waals surface area contributed by atoms with Crippen molar-refractivity contribution in [2.24, 2.45) is 5.73 Å². The topological polar surface area (TPSA) is 66.6 Å². The molecule has 1 fully saturated rings. The molecule has 3 rings (SSSR count). The largest absolute Gasteiger partial charge is 0.506 e. The van der Waals surface area contributed by atoms with E-state index in [1.165, 1.54) is 17.7 Å². The second-order valence-electron chi connectivity index (χ2n) is 6.18. The van der Waals surface area contributed by atoms with E-state index in [0.29, 0.717) is 18.0 Å². The molecule has 0 aromatic heterocycles. The fourth-order valence-corrected chi connectivity index (χ4v) is 3.39. The van der Waals surface area contributed by atoms with E-state index >= 15 is 0 Å². The van der Waals surface area contributed by atoms with Crippen LogP contribution in [0.4, 0.5) is 0 Å². The number of rotatable bonds is 3. The second kappa shape index (κ2) is 7.24. The van der Waals surface area contributed by atoms with Crippen LogP contribution in [-0.2, 0) is 6.54 Å². The Morgan fingerprint density at radius 2 is 1.96 bits per heavy atom.